The Morgan fingerprint density at radius 3 is 2.97 bits per heavy atom. The van der Waals surface area contributed by atoms with E-state index in [4.69, 9.17) is 9.73 Å². The number of nitrogens with zero attached hydrogens (tertiary/aromatic N) is 4. The highest BCUT2D eigenvalue weighted by Gasteiger charge is 2.05. The molecular weight excluding hydrogens is 366 g/mol. The Morgan fingerprint density at radius 2 is 2.00 bits per heavy atom. The van der Waals surface area contributed by atoms with Crippen LogP contribution in [0.5, 0.6) is 5.75 Å². The van der Waals surface area contributed by atoms with Crippen molar-refractivity contribution < 1.29 is 9.53 Å². The van der Waals surface area contributed by atoms with E-state index in [1.165, 1.54) is 18.7 Å². The molecule has 7 heteroatoms. The molecule has 1 aliphatic heterocycles. The van der Waals surface area contributed by atoms with Crippen molar-refractivity contribution in [1.82, 2.24) is 15.3 Å². The first-order valence-corrected chi connectivity index (χ1v) is 8.96. The van der Waals surface area contributed by atoms with Gasteiger partial charge in [-0.1, -0.05) is 24.3 Å². The quantitative estimate of drug-likeness (QED) is 0.643. The molecule has 1 aromatic heterocycles. The summed E-state index contributed by atoms with van der Waals surface area (Å²) >= 11 is 0. The zero-order valence-electron chi connectivity index (χ0n) is 15.4. The van der Waals surface area contributed by atoms with Crippen molar-refractivity contribution in [2.45, 2.75) is 0 Å². The molecule has 0 spiro atoms. The van der Waals surface area contributed by atoms with Gasteiger partial charge in [-0.2, -0.15) is 0 Å². The standard InChI is InChI=1S/C22H17N5O2/c28-21-14-23-10-4-12-29-17-8-9-20-18(13-17)22(26-15-25-20)27-19-7-2-1-5-16(19)6-3-11-24-21/h1-11,13-15H,12H2,(H,24,28)/b10-4-,11-3-,16-6+,23-14+,27-19+. The molecule has 0 saturated carbocycles. The summed E-state index contributed by atoms with van der Waals surface area (Å²) in [5.74, 6) is 0.897. The van der Waals surface area contributed by atoms with Gasteiger partial charge in [-0.3, -0.25) is 9.79 Å². The van der Waals surface area contributed by atoms with E-state index in [0.717, 1.165) is 21.5 Å². The van der Waals surface area contributed by atoms with Gasteiger partial charge in [0.15, 0.2) is 5.82 Å². The molecule has 3 aromatic rings. The zero-order chi connectivity index (χ0) is 19.9. The number of para-hydroxylation sites is 1. The van der Waals surface area contributed by atoms with E-state index in [2.05, 4.69) is 20.3 Å². The molecule has 0 aliphatic carbocycles. The van der Waals surface area contributed by atoms with Crippen LogP contribution in [0.2, 0.25) is 0 Å². The van der Waals surface area contributed by atoms with Crippen LogP contribution < -0.4 is 20.6 Å². The van der Waals surface area contributed by atoms with Crippen LogP contribution in [-0.2, 0) is 4.79 Å². The molecular formula is C22H17N5O2. The fourth-order valence-electron chi connectivity index (χ4n) is 2.72. The van der Waals surface area contributed by atoms with Crippen LogP contribution in [-0.4, -0.2) is 28.7 Å². The molecule has 1 amide bonds. The predicted molar refractivity (Wildman–Crippen MR) is 111 cm³/mol. The average Bonchev–Trinajstić information content (AvgIpc) is 2.74. The van der Waals surface area contributed by atoms with Gasteiger partial charge in [-0.15, -0.1) is 0 Å². The highest BCUT2D eigenvalue weighted by Crippen LogP contribution is 2.25. The van der Waals surface area contributed by atoms with Gasteiger partial charge < -0.3 is 10.1 Å². The van der Waals surface area contributed by atoms with Crippen LogP contribution >= 0.6 is 0 Å². The molecule has 1 aliphatic rings. The van der Waals surface area contributed by atoms with Crippen LogP contribution in [0.15, 0.2) is 83.3 Å². The first-order chi connectivity index (χ1) is 14.3. The zero-order valence-corrected chi connectivity index (χ0v) is 15.4. The third-order valence-corrected chi connectivity index (χ3v) is 4.08. The number of rotatable bonds is 0. The van der Waals surface area contributed by atoms with E-state index in [1.807, 2.05) is 48.5 Å². The van der Waals surface area contributed by atoms with Crippen molar-refractivity contribution in [2.24, 2.45) is 9.98 Å². The van der Waals surface area contributed by atoms with Gasteiger partial charge in [0.05, 0.1) is 17.1 Å². The summed E-state index contributed by atoms with van der Waals surface area (Å²) in [6.07, 6.45) is 11.1. The fraction of sp³-hybridized carbons (Fsp3) is 0.0455. The number of aromatic nitrogens is 2. The number of hydrogen-bond acceptors (Lipinski definition) is 6. The van der Waals surface area contributed by atoms with E-state index >= 15 is 0 Å². The molecule has 2 bridgehead atoms. The van der Waals surface area contributed by atoms with Crippen molar-refractivity contribution in [3.8, 4) is 5.75 Å². The molecule has 29 heavy (non-hydrogen) atoms. The van der Waals surface area contributed by atoms with Crippen LogP contribution in [0, 0.1) is 0 Å². The lowest BCUT2D eigenvalue weighted by Crippen LogP contribution is -2.23. The van der Waals surface area contributed by atoms with Crippen molar-refractivity contribution in [2.75, 3.05) is 6.61 Å². The maximum atomic E-state index is 11.7. The second-order valence-electron chi connectivity index (χ2n) is 6.06. The summed E-state index contributed by atoms with van der Waals surface area (Å²) < 4.78 is 5.73. The van der Waals surface area contributed by atoms with Crippen molar-refractivity contribution in [3.05, 3.63) is 83.9 Å². The topological polar surface area (TPSA) is 88.8 Å². The van der Waals surface area contributed by atoms with Crippen LogP contribution in [0.1, 0.15) is 0 Å². The molecule has 0 unspecified atom stereocenters. The maximum absolute atomic E-state index is 11.7. The minimum atomic E-state index is -0.324. The second kappa shape index (κ2) is 8.71. The predicted octanol–water partition coefficient (Wildman–Crippen LogP) is 1.97. The minimum absolute atomic E-state index is 0.308. The lowest BCUT2D eigenvalue weighted by molar-refractivity contribution is -0.113. The van der Waals surface area contributed by atoms with Crippen LogP contribution in [0.3, 0.4) is 0 Å². The molecule has 0 fully saturated rings. The number of carbonyl (C=O) groups is 1. The Balaban J connectivity index is 1.88. The minimum Gasteiger partial charge on any atom is -0.489 e. The second-order valence-corrected chi connectivity index (χ2v) is 6.06. The summed E-state index contributed by atoms with van der Waals surface area (Å²) in [6.45, 7) is 0.308. The third-order valence-electron chi connectivity index (χ3n) is 4.08. The number of aliphatic imine (C=N–C) groups is 1. The number of fused-ring (bicyclic) bond motifs is 2. The summed E-state index contributed by atoms with van der Waals surface area (Å²) in [5.41, 5.74) is 0.782. The van der Waals surface area contributed by atoms with Crippen LogP contribution in [0.25, 0.3) is 17.0 Å². The number of allylic oxidation sites excluding steroid dienone is 1. The average molecular weight is 383 g/mol. The van der Waals surface area contributed by atoms with Crippen molar-refractivity contribution in [1.29, 1.82) is 0 Å². The smallest absolute Gasteiger partial charge is 0.266 e. The number of hydrogen-bond donors (Lipinski definition) is 1. The van der Waals surface area contributed by atoms with Crippen LogP contribution in [0.4, 0.5) is 5.82 Å². The van der Waals surface area contributed by atoms with Gasteiger partial charge in [-0.05, 0) is 36.4 Å². The van der Waals surface area contributed by atoms with Crippen molar-refractivity contribution in [3.63, 3.8) is 0 Å². The van der Waals surface area contributed by atoms with Gasteiger partial charge >= 0.3 is 0 Å². The number of benzene rings is 2. The molecule has 142 valence electrons. The van der Waals surface area contributed by atoms with Crippen molar-refractivity contribution >= 4 is 34.9 Å². The Labute approximate surface area is 166 Å². The van der Waals surface area contributed by atoms with E-state index in [9.17, 15) is 4.79 Å². The van der Waals surface area contributed by atoms with E-state index < -0.39 is 0 Å². The number of amides is 1. The molecule has 0 atom stereocenters. The Kier molecular flexibility index (Phi) is 5.48. The summed E-state index contributed by atoms with van der Waals surface area (Å²) in [5, 5.41) is 5.05. The molecule has 1 N–H and O–H groups in total. The lowest BCUT2D eigenvalue weighted by Gasteiger charge is -2.06. The molecule has 2 aromatic carbocycles. The summed E-state index contributed by atoms with van der Waals surface area (Å²) in [6, 6.07) is 13.3. The number of nitrogens with one attached hydrogen (secondary N) is 1. The van der Waals surface area contributed by atoms with E-state index in [1.54, 1.807) is 18.4 Å². The molecule has 0 saturated heterocycles. The molecule has 4 rings (SSSR count). The summed E-state index contributed by atoms with van der Waals surface area (Å²) in [4.78, 5) is 29.1. The van der Waals surface area contributed by atoms with Gasteiger partial charge in [0.2, 0.25) is 0 Å². The van der Waals surface area contributed by atoms with Gasteiger partial charge in [-0.25, -0.2) is 15.0 Å². The third kappa shape index (κ3) is 4.59. The monoisotopic (exact) mass is 383 g/mol. The number of carbonyl (C=O) groups excluding carboxylic acids is 1. The molecule has 2 heterocycles. The Hall–Kier alpha value is -4.13. The first kappa shape index (κ1) is 18.2. The lowest BCUT2D eigenvalue weighted by atomic mass is 10.2. The summed E-state index contributed by atoms with van der Waals surface area (Å²) in [7, 11) is 0. The Bertz CT molecular complexity index is 1260. The highest BCUT2D eigenvalue weighted by atomic mass is 16.5. The fourth-order valence-corrected chi connectivity index (χ4v) is 2.72. The molecule has 7 nitrogen and oxygen atoms in total. The normalized spacial score (nSPS) is 19.8. The van der Waals surface area contributed by atoms with Gasteiger partial charge in [0.25, 0.3) is 5.91 Å². The van der Waals surface area contributed by atoms with Gasteiger partial charge in [0.1, 0.15) is 18.7 Å². The maximum Gasteiger partial charge on any atom is 0.266 e. The number of ether oxygens (including phenoxy) is 1. The Morgan fingerprint density at radius 1 is 1.07 bits per heavy atom. The van der Waals surface area contributed by atoms with E-state index in [0.29, 0.717) is 18.2 Å². The van der Waals surface area contributed by atoms with Gasteiger partial charge in [0, 0.05) is 23.0 Å². The SMILES string of the molecule is O=C1/C=N/C=C\COc2ccc3ncnc(c3c2)\N=c2/cccc/c2=C\C=C/N1. The first-order valence-electron chi connectivity index (χ1n) is 8.96. The van der Waals surface area contributed by atoms with E-state index in [-0.39, 0.29) is 5.91 Å². The largest absolute Gasteiger partial charge is 0.489 e. The molecule has 0 radical (unpaired) electrons. The highest BCUT2D eigenvalue weighted by molar-refractivity contribution is 6.26.